The van der Waals surface area contributed by atoms with Gasteiger partial charge < -0.3 is 9.80 Å². The fourth-order valence-electron chi connectivity index (χ4n) is 4.77. The Bertz CT molecular complexity index is 1320. The zero-order valence-corrected chi connectivity index (χ0v) is 20.6. The molecule has 0 amide bonds. The standard InChI is InChI=1S/C30H29N2P/c1-31(2)25-18-8-12-22-14-10-20-27(29(22)25)33(24-16-6-5-7-17-24)28-21-11-15-23-13-9-19-26(30(23)28)32(3)4/h5-21H,1-4H3/p+1. The molecule has 3 heteroatoms. The summed E-state index contributed by atoms with van der Waals surface area (Å²) < 4.78 is 0. The van der Waals surface area contributed by atoms with E-state index in [1.54, 1.807) is 0 Å². The highest BCUT2D eigenvalue weighted by atomic mass is 31.1. The van der Waals surface area contributed by atoms with E-state index in [0.29, 0.717) is 0 Å². The monoisotopic (exact) mass is 449 g/mol. The first-order chi connectivity index (χ1) is 16.1. The van der Waals surface area contributed by atoms with Crippen LogP contribution >= 0.6 is 7.92 Å². The molecule has 0 saturated carbocycles. The van der Waals surface area contributed by atoms with Gasteiger partial charge in [0.15, 0.2) is 0 Å². The Morgan fingerprint density at radius 3 is 1.73 bits per heavy atom. The van der Waals surface area contributed by atoms with E-state index in [1.165, 1.54) is 53.7 Å². The van der Waals surface area contributed by atoms with Crippen LogP contribution in [-0.4, -0.2) is 28.2 Å². The van der Waals surface area contributed by atoms with Crippen LogP contribution in [0.25, 0.3) is 21.5 Å². The molecule has 5 aromatic rings. The predicted octanol–water partition coefficient (Wildman–Crippen LogP) is 4.59. The Labute approximate surface area is 197 Å². The highest BCUT2D eigenvalue weighted by Crippen LogP contribution is 2.41. The maximum atomic E-state index is 2.35. The van der Waals surface area contributed by atoms with Crippen LogP contribution in [0.4, 0.5) is 11.4 Å². The highest BCUT2D eigenvalue weighted by Gasteiger charge is 2.24. The molecule has 5 aromatic carbocycles. The fraction of sp³-hybridized carbons (Fsp3) is 0.133. The van der Waals surface area contributed by atoms with Crippen LogP contribution in [0.5, 0.6) is 0 Å². The summed E-state index contributed by atoms with van der Waals surface area (Å²) in [6.07, 6.45) is 0. The van der Waals surface area contributed by atoms with Crippen molar-refractivity contribution < 1.29 is 4.90 Å². The van der Waals surface area contributed by atoms with Crippen molar-refractivity contribution in [1.29, 1.82) is 0 Å². The Balaban J connectivity index is 1.91. The van der Waals surface area contributed by atoms with Gasteiger partial charge in [0.05, 0.1) is 19.5 Å². The van der Waals surface area contributed by atoms with Crippen LogP contribution in [0.2, 0.25) is 0 Å². The Kier molecular flexibility index (Phi) is 5.89. The number of nitrogens with one attached hydrogen (secondary N) is 1. The minimum atomic E-state index is -0.768. The zero-order valence-electron chi connectivity index (χ0n) is 19.7. The summed E-state index contributed by atoms with van der Waals surface area (Å²) in [6, 6.07) is 38.0. The van der Waals surface area contributed by atoms with Gasteiger partial charge in [-0.1, -0.05) is 91.0 Å². The molecule has 33 heavy (non-hydrogen) atoms. The number of fused-ring (bicyclic) bond motifs is 2. The van der Waals surface area contributed by atoms with Crippen LogP contribution in [0.3, 0.4) is 0 Å². The van der Waals surface area contributed by atoms with Crippen LogP contribution in [-0.2, 0) is 0 Å². The second-order valence-electron chi connectivity index (χ2n) is 8.90. The van der Waals surface area contributed by atoms with Crippen molar-refractivity contribution in [1.82, 2.24) is 0 Å². The summed E-state index contributed by atoms with van der Waals surface area (Å²) in [7, 11) is 7.96. The van der Waals surface area contributed by atoms with Gasteiger partial charge in [0.1, 0.15) is 5.69 Å². The first kappa shape index (κ1) is 21.6. The van der Waals surface area contributed by atoms with Crippen LogP contribution in [0.15, 0.2) is 103 Å². The molecule has 0 radical (unpaired) electrons. The van der Waals surface area contributed by atoms with Gasteiger partial charge in [-0.05, 0) is 46.7 Å². The average Bonchev–Trinajstić information content (AvgIpc) is 2.84. The van der Waals surface area contributed by atoms with Gasteiger partial charge >= 0.3 is 0 Å². The van der Waals surface area contributed by atoms with Gasteiger partial charge in [-0.15, -0.1) is 0 Å². The van der Waals surface area contributed by atoms with Crippen molar-refractivity contribution in [3.05, 3.63) is 103 Å². The summed E-state index contributed by atoms with van der Waals surface area (Å²) in [5, 5.41) is 9.55. The number of anilines is 1. The lowest BCUT2D eigenvalue weighted by Crippen LogP contribution is -3.00. The topological polar surface area (TPSA) is 7.68 Å². The van der Waals surface area contributed by atoms with Crippen molar-refractivity contribution in [2.75, 3.05) is 33.1 Å². The largest absolute Gasteiger partial charge is 0.377 e. The first-order valence-corrected chi connectivity index (χ1v) is 12.8. The number of nitrogens with zero attached hydrogens (tertiary/aromatic N) is 1. The molecule has 0 aliphatic rings. The van der Waals surface area contributed by atoms with Gasteiger partial charge in [-0.3, -0.25) is 0 Å². The van der Waals surface area contributed by atoms with E-state index in [1.807, 2.05) is 0 Å². The third kappa shape index (κ3) is 3.91. The molecule has 0 bridgehead atoms. The SMILES string of the molecule is CN(C)c1cccc2cccc(P(c3ccccc3)c3cccc4cccc([NH+](C)C)c34)c12. The second-order valence-corrected chi connectivity index (χ2v) is 11.0. The van der Waals surface area contributed by atoms with E-state index in [0.717, 1.165) is 0 Å². The van der Waals surface area contributed by atoms with Crippen molar-refractivity contribution in [2.45, 2.75) is 0 Å². The number of hydrogen-bond acceptors (Lipinski definition) is 1. The highest BCUT2D eigenvalue weighted by molar-refractivity contribution is 7.80. The molecule has 1 unspecified atom stereocenters. The molecule has 0 heterocycles. The zero-order chi connectivity index (χ0) is 22.9. The number of hydrogen-bond donors (Lipinski definition) is 1. The molecule has 1 atom stereocenters. The molecular formula is C30H30N2P+. The van der Waals surface area contributed by atoms with Crippen molar-refractivity contribution in [3.8, 4) is 0 Å². The van der Waals surface area contributed by atoms with E-state index in [-0.39, 0.29) is 0 Å². The van der Waals surface area contributed by atoms with Gasteiger partial charge in [0.2, 0.25) is 0 Å². The van der Waals surface area contributed by atoms with Gasteiger partial charge in [0.25, 0.3) is 0 Å². The van der Waals surface area contributed by atoms with Crippen LogP contribution in [0, 0.1) is 0 Å². The van der Waals surface area contributed by atoms with Crippen molar-refractivity contribution in [3.63, 3.8) is 0 Å². The molecular weight excluding hydrogens is 419 g/mol. The lowest BCUT2D eigenvalue weighted by molar-refractivity contribution is -0.785. The lowest BCUT2D eigenvalue weighted by Gasteiger charge is -2.26. The third-order valence-corrected chi connectivity index (χ3v) is 8.78. The number of benzene rings is 5. The second kappa shape index (κ2) is 8.98. The van der Waals surface area contributed by atoms with Gasteiger partial charge in [-0.2, -0.15) is 0 Å². The van der Waals surface area contributed by atoms with Crippen LogP contribution in [0.1, 0.15) is 0 Å². The predicted molar refractivity (Wildman–Crippen MR) is 147 cm³/mol. The van der Waals surface area contributed by atoms with Crippen molar-refractivity contribution in [2.24, 2.45) is 0 Å². The lowest BCUT2D eigenvalue weighted by atomic mass is 10.1. The Hall–Kier alpha value is -3.19. The maximum absolute atomic E-state index is 2.35. The average molecular weight is 450 g/mol. The van der Waals surface area contributed by atoms with E-state index in [2.05, 4.69) is 136 Å². The van der Waals surface area contributed by atoms with E-state index >= 15 is 0 Å². The molecule has 0 aliphatic carbocycles. The molecule has 0 aromatic heterocycles. The molecule has 5 rings (SSSR count). The number of rotatable bonds is 5. The summed E-state index contributed by atoms with van der Waals surface area (Å²) in [5.41, 5.74) is 2.62. The summed E-state index contributed by atoms with van der Waals surface area (Å²) >= 11 is 0. The molecule has 2 nitrogen and oxygen atoms in total. The third-order valence-electron chi connectivity index (χ3n) is 6.26. The normalized spacial score (nSPS) is 12.4. The summed E-state index contributed by atoms with van der Waals surface area (Å²) in [5.74, 6) is 0. The Morgan fingerprint density at radius 2 is 1.12 bits per heavy atom. The molecule has 0 fully saturated rings. The van der Waals surface area contributed by atoms with Gasteiger partial charge in [-0.25, -0.2) is 0 Å². The van der Waals surface area contributed by atoms with Crippen LogP contribution < -0.4 is 25.7 Å². The Morgan fingerprint density at radius 1 is 0.576 bits per heavy atom. The summed E-state index contributed by atoms with van der Waals surface area (Å²) in [4.78, 5) is 3.59. The maximum Gasteiger partial charge on any atom is 0.139 e. The molecule has 0 aliphatic heterocycles. The van der Waals surface area contributed by atoms with E-state index in [4.69, 9.17) is 0 Å². The number of quaternary nitrogens is 1. The first-order valence-electron chi connectivity index (χ1n) is 11.4. The molecule has 1 N–H and O–H groups in total. The minimum Gasteiger partial charge on any atom is -0.377 e. The van der Waals surface area contributed by atoms with Gasteiger partial charge in [0, 0.05) is 25.2 Å². The fourth-order valence-corrected chi connectivity index (χ4v) is 7.47. The smallest absolute Gasteiger partial charge is 0.139 e. The van der Waals surface area contributed by atoms with Crippen molar-refractivity contribution >= 4 is 56.8 Å². The van der Waals surface area contributed by atoms with E-state index < -0.39 is 7.92 Å². The molecule has 0 spiro atoms. The quantitative estimate of drug-likeness (QED) is 0.386. The molecule has 164 valence electrons. The summed E-state index contributed by atoms with van der Waals surface area (Å²) in [6.45, 7) is 0. The van der Waals surface area contributed by atoms with E-state index in [9.17, 15) is 0 Å². The molecule has 0 saturated heterocycles. The minimum absolute atomic E-state index is 0.768.